The fraction of sp³-hybridized carbons (Fsp3) is 1.00. The highest BCUT2D eigenvalue weighted by Crippen LogP contribution is 2.43. The van der Waals surface area contributed by atoms with Crippen LogP contribution in [0, 0.1) is 0 Å². The maximum absolute atomic E-state index is 9.44. The fourth-order valence-corrected chi connectivity index (χ4v) is 3.61. The van der Waals surface area contributed by atoms with E-state index in [0.717, 1.165) is 25.7 Å². The van der Waals surface area contributed by atoms with Crippen LogP contribution in [0.15, 0.2) is 0 Å². The van der Waals surface area contributed by atoms with Crippen LogP contribution in [0.4, 0.5) is 0 Å². The van der Waals surface area contributed by atoms with Gasteiger partial charge >= 0.3 is 0 Å². The molecule has 0 radical (unpaired) electrons. The molecule has 1 aliphatic carbocycles. The molecule has 116 valence electrons. The van der Waals surface area contributed by atoms with Gasteiger partial charge in [0.25, 0.3) is 0 Å². The number of rotatable bonds is 2. The summed E-state index contributed by atoms with van der Waals surface area (Å²) >= 11 is 0. The number of nitrogens with one attached hydrogen (secondary N) is 2. The predicted molar refractivity (Wildman–Crippen MR) is 73.1 cm³/mol. The van der Waals surface area contributed by atoms with Gasteiger partial charge in [-0.2, -0.15) is 0 Å². The van der Waals surface area contributed by atoms with Crippen LogP contribution in [-0.4, -0.2) is 59.2 Å². The van der Waals surface area contributed by atoms with Crippen LogP contribution in [-0.2, 0) is 9.47 Å². The van der Waals surface area contributed by atoms with E-state index >= 15 is 0 Å². The molecule has 6 nitrogen and oxygen atoms in total. The van der Waals surface area contributed by atoms with Gasteiger partial charge in [0.1, 0.15) is 11.4 Å². The number of hydrogen-bond donors (Lipinski definition) is 4. The number of ether oxygens (including phenoxy) is 2. The van der Waals surface area contributed by atoms with Crippen molar-refractivity contribution in [3.63, 3.8) is 0 Å². The standard InChI is InChI=1S/C14H26N2O4/c1-11(7-17)9-19-13(15-11)3-5-14(6-4-13)16-12(2,8-18)10-20-14/h15-18H,3-10H2,1-2H3/t11-,12-,13?,14?/m0/s1. The first-order valence-electron chi connectivity index (χ1n) is 7.45. The van der Waals surface area contributed by atoms with E-state index in [1.165, 1.54) is 0 Å². The van der Waals surface area contributed by atoms with Gasteiger partial charge in [0, 0.05) is 0 Å². The smallest absolute Gasteiger partial charge is 0.120 e. The average molecular weight is 286 g/mol. The van der Waals surface area contributed by atoms with Crippen LogP contribution in [0.1, 0.15) is 39.5 Å². The molecule has 3 rings (SSSR count). The van der Waals surface area contributed by atoms with Crippen molar-refractivity contribution in [1.29, 1.82) is 0 Å². The van der Waals surface area contributed by atoms with Crippen molar-refractivity contribution < 1.29 is 19.7 Å². The monoisotopic (exact) mass is 286 g/mol. The highest BCUT2D eigenvalue weighted by atomic mass is 16.5. The Bertz CT molecular complexity index is 347. The highest BCUT2D eigenvalue weighted by molar-refractivity contribution is 5.06. The van der Waals surface area contributed by atoms with Gasteiger partial charge in [-0.05, 0) is 39.5 Å². The molecule has 0 bridgehead atoms. The minimum Gasteiger partial charge on any atom is -0.394 e. The summed E-state index contributed by atoms with van der Waals surface area (Å²) in [6, 6.07) is 0. The van der Waals surface area contributed by atoms with E-state index in [1.807, 2.05) is 13.8 Å². The van der Waals surface area contributed by atoms with Gasteiger partial charge in [-0.15, -0.1) is 0 Å². The lowest BCUT2D eigenvalue weighted by atomic mass is 9.84. The molecule has 2 atom stereocenters. The maximum Gasteiger partial charge on any atom is 0.120 e. The van der Waals surface area contributed by atoms with Crippen molar-refractivity contribution in [3.05, 3.63) is 0 Å². The van der Waals surface area contributed by atoms with Crippen LogP contribution in [0.2, 0.25) is 0 Å². The molecule has 0 unspecified atom stereocenters. The van der Waals surface area contributed by atoms with Gasteiger partial charge in [-0.25, -0.2) is 0 Å². The quantitative estimate of drug-likeness (QED) is 0.558. The predicted octanol–water partition coefficient (Wildman–Crippen LogP) is -0.305. The molecular formula is C14H26N2O4. The van der Waals surface area contributed by atoms with Crippen molar-refractivity contribution in [1.82, 2.24) is 10.6 Å². The Morgan fingerprint density at radius 2 is 1.15 bits per heavy atom. The van der Waals surface area contributed by atoms with Crippen LogP contribution in [0.5, 0.6) is 0 Å². The zero-order valence-corrected chi connectivity index (χ0v) is 12.4. The van der Waals surface area contributed by atoms with E-state index in [-0.39, 0.29) is 35.7 Å². The fourth-order valence-electron chi connectivity index (χ4n) is 3.61. The van der Waals surface area contributed by atoms with Gasteiger partial charge < -0.3 is 19.7 Å². The Morgan fingerprint density at radius 3 is 1.40 bits per heavy atom. The van der Waals surface area contributed by atoms with E-state index in [1.54, 1.807) is 0 Å². The molecule has 0 amide bonds. The van der Waals surface area contributed by atoms with Crippen LogP contribution < -0.4 is 10.6 Å². The first kappa shape index (κ1) is 14.7. The van der Waals surface area contributed by atoms with E-state index in [4.69, 9.17) is 9.47 Å². The second-order valence-corrected chi connectivity index (χ2v) is 7.25. The molecule has 2 aliphatic heterocycles. The summed E-state index contributed by atoms with van der Waals surface area (Å²) in [6.45, 7) is 5.21. The SMILES string of the molecule is C[C@]1(CO)COC2(CCC3(CC2)N[C@@](C)(CO)CO3)N1. The Balaban J connectivity index is 1.64. The molecule has 6 heteroatoms. The molecule has 2 heterocycles. The zero-order valence-electron chi connectivity index (χ0n) is 12.4. The Labute approximate surface area is 119 Å². The van der Waals surface area contributed by atoms with Crippen LogP contribution in [0.3, 0.4) is 0 Å². The molecule has 0 aromatic rings. The van der Waals surface area contributed by atoms with E-state index in [2.05, 4.69) is 10.6 Å². The number of aliphatic hydroxyl groups excluding tert-OH is 2. The topological polar surface area (TPSA) is 83.0 Å². The maximum atomic E-state index is 9.44. The molecule has 3 fully saturated rings. The lowest BCUT2D eigenvalue weighted by Crippen LogP contribution is -2.59. The van der Waals surface area contributed by atoms with Crippen molar-refractivity contribution in [3.8, 4) is 0 Å². The minimum absolute atomic E-state index is 0.0806. The van der Waals surface area contributed by atoms with Gasteiger partial charge in [-0.1, -0.05) is 0 Å². The second-order valence-electron chi connectivity index (χ2n) is 7.25. The van der Waals surface area contributed by atoms with Gasteiger partial charge in [0.15, 0.2) is 0 Å². The summed E-state index contributed by atoms with van der Waals surface area (Å²) in [4.78, 5) is 0. The zero-order chi connectivity index (χ0) is 14.5. The lowest BCUT2D eigenvalue weighted by molar-refractivity contribution is -0.115. The second kappa shape index (κ2) is 4.63. The van der Waals surface area contributed by atoms with Gasteiger partial charge in [-0.3, -0.25) is 10.6 Å². The molecule has 1 saturated carbocycles. The van der Waals surface area contributed by atoms with E-state index in [0.29, 0.717) is 13.2 Å². The summed E-state index contributed by atoms with van der Waals surface area (Å²) in [5.74, 6) is 0. The largest absolute Gasteiger partial charge is 0.394 e. The van der Waals surface area contributed by atoms with E-state index < -0.39 is 0 Å². The summed E-state index contributed by atoms with van der Waals surface area (Å²) in [5.41, 5.74) is -1.33. The Hall–Kier alpha value is -0.240. The molecule has 2 saturated heterocycles. The lowest BCUT2D eigenvalue weighted by Gasteiger charge is -2.43. The third-order valence-corrected chi connectivity index (χ3v) is 4.96. The molecule has 4 N–H and O–H groups in total. The molecule has 0 aromatic heterocycles. The molecule has 0 aromatic carbocycles. The van der Waals surface area contributed by atoms with Crippen molar-refractivity contribution in [2.75, 3.05) is 26.4 Å². The van der Waals surface area contributed by atoms with Crippen LogP contribution >= 0.6 is 0 Å². The molecule has 2 spiro atoms. The molecular weight excluding hydrogens is 260 g/mol. The Morgan fingerprint density at radius 1 is 0.800 bits per heavy atom. The Kier molecular flexibility index (Phi) is 3.40. The first-order chi connectivity index (χ1) is 9.36. The summed E-state index contributed by atoms with van der Waals surface area (Å²) in [7, 11) is 0. The van der Waals surface area contributed by atoms with E-state index in [9.17, 15) is 10.2 Å². The van der Waals surface area contributed by atoms with Crippen molar-refractivity contribution in [2.45, 2.75) is 62.1 Å². The third-order valence-electron chi connectivity index (χ3n) is 4.96. The van der Waals surface area contributed by atoms with Crippen molar-refractivity contribution in [2.24, 2.45) is 0 Å². The summed E-state index contributed by atoms with van der Waals surface area (Å²) < 4.78 is 11.9. The highest BCUT2D eigenvalue weighted by Gasteiger charge is 2.54. The minimum atomic E-state index is -0.339. The number of hydrogen-bond acceptors (Lipinski definition) is 6. The summed E-state index contributed by atoms with van der Waals surface area (Å²) in [5, 5.41) is 25.8. The van der Waals surface area contributed by atoms with Crippen LogP contribution in [0.25, 0.3) is 0 Å². The number of aliphatic hydroxyl groups is 2. The van der Waals surface area contributed by atoms with Crippen molar-refractivity contribution >= 4 is 0 Å². The summed E-state index contributed by atoms with van der Waals surface area (Å²) in [6.07, 6.45) is 3.38. The average Bonchev–Trinajstić information content (AvgIpc) is 2.96. The van der Waals surface area contributed by atoms with Gasteiger partial charge in [0.2, 0.25) is 0 Å². The van der Waals surface area contributed by atoms with Gasteiger partial charge in [0.05, 0.1) is 37.5 Å². The molecule has 20 heavy (non-hydrogen) atoms. The first-order valence-corrected chi connectivity index (χ1v) is 7.45. The molecule has 3 aliphatic rings. The normalized spacial score (nSPS) is 52.2. The third kappa shape index (κ3) is 2.38.